The average Bonchev–Trinajstić information content (AvgIpc) is 2.65. The van der Waals surface area contributed by atoms with E-state index in [1.54, 1.807) is 11.3 Å². The molecule has 2 nitrogen and oxygen atoms in total. The molecular formula is C12H12BrNOS. The van der Waals surface area contributed by atoms with Gasteiger partial charge in [-0.3, -0.25) is 0 Å². The van der Waals surface area contributed by atoms with Gasteiger partial charge in [0.05, 0.1) is 6.10 Å². The smallest absolute Gasteiger partial charge is 0.0838 e. The lowest BCUT2D eigenvalue weighted by Gasteiger charge is -2.09. The number of benzene rings is 1. The lowest BCUT2D eigenvalue weighted by molar-refractivity contribution is 0.179. The zero-order valence-corrected chi connectivity index (χ0v) is 11.0. The first-order chi connectivity index (χ1) is 7.65. The van der Waals surface area contributed by atoms with Crippen LogP contribution in [0.1, 0.15) is 16.5 Å². The number of hydrogen-bond acceptors (Lipinski definition) is 3. The molecule has 0 aliphatic heterocycles. The highest BCUT2D eigenvalue weighted by atomic mass is 79.9. The highest BCUT2D eigenvalue weighted by Crippen LogP contribution is 2.25. The van der Waals surface area contributed by atoms with E-state index in [0.29, 0.717) is 6.42 Å². The number of aliphatic hydroxyl groups is 1. The summed E-state index contributed by atoms with van der Waals surface area (Å²) in [6.07, 6.45) is 0.173. The minimum atomic E-state index is -0.467. The van der Waals surface area contributed by atoms with Gasteiger partial charge in [0, 0.05) is 26.8 Å². The molecule has 84 valence electrons. The first-order valence-corrected chi connectivity index (χ1v) is 6.59. The van der Waals surface area contributed by atoms with Crippen LogP contribution in [0, 0.1) is 0 Å². The van der Waals surface area contributed by atoms with Crippen LogP contribution < -0.4 is 5.73 Å². The van der Waals surface area contributed by atoms with Gasteiger partial charge in [0.2, 0.25) is 0 Å². The molecule has 1 aromatic heterocycles. The zero-order valence-electron chi connectivity index (χ0n) is 8.56. The standard InChI is InChI=1S/C12H12BrNOS/c13-9-5-11(16-7-9)6-12(15)8-1-3-10(14)4-2-8/h1-5,7,12,15H,6,14H2. The lowest BCUT2D eigenvalue weighted by Crippen LogP contribution is -2.00. The molecule has 0 bridgehead atoms. The zero-order chi connectivity index (χ0) is 11.5. The number of nitrogens with two attached hydrogens (primary N) is 1. The van der Waals surface area contributed by atoms with E-state index in [4.69, 9.17) is 5.73 Å². The Hall–Kier alpha value is -0.840. The van der Waals surface area contributed by atoms with Gasteiger partial charge in [0.25, 0.3) is 0 Å². The van der Waals surface area contributed by atoms with Crippen molar-refractivity contribution in [3.05, 3.63) is 50.6 Å². The van der Waals surface area contributed by atoms with Crippen molar-refractivity contribution in [1.29, 1.82) is 0 Å². The quantitative estimate of drug-likeness (QED) is 0.853. The van der Waals surface area contributed by atoms with Crippen molar-refractivity contribution in [2.45, 2.75) is 12.5 Å². The van der Waals surface area contributed by atoms with Crippen molar-refractivity contribution in [1.82, 2.24) is 0 Å². The summed E-state index contributed by atoms with van der Waals surface area (Å²) in [6.45, 7) is 0. The van der Waals surface area contributed by atoms with Gasteiger partial charge < -0.3 is 10.8 Å². The third-order valence-electron chi connectivity index (χ3n) is 2.34. The maximum atomic E-state index is 10.0. The second-order valence-corrected chi connectivity index (χ2v) is 5.53. The number of rotatable bonds is 3. The molecule has 1 aromatic carbocycles. The number of halogens is 1. The molecule has 1 unspecified atom stereocenters. The van der Waals surface area contributed by atoms with Crippen molar-refractivity contribution in [2.24, 2.45) is 0 Å². The number of hydrogen-bond donors (Lipinski definition) is 2. The van der Waals surface area contributed by atoms with Gasteiger partial charge in [0.15, 0.2) is 0 Å². The van der Waals surface area contributed by atoms with E-state index in [2.05, 4.69) is 15.9 Å². The largest absolute Gasteiger partial charge is 0.399 e. The monoisotopic (exact) mass is 297 g/mol. The van der Waals surface area contributed by atoms with Gasteiger partial charge >= 0.3 is 0 Å². The number of anilines is 1. The molecule has 0 saturated heterocycles. The minimum Gasteiger partial charge on any atom is -0.399 e. The summed E-state index contributed by atoms with van der Waals surface area (Å²) in [5.74, 6) is 0. The van der Waals surface area contributed by atoms with Crippen molar-refractivity contribution in [3.8, 4) is 0 Å². The number of thiophene rings is 1. The Labute approximate surface area is 107 Å². The highest BCUT2D eigenvalue weighted by Gasteiger charge is 2.09. The Morgan fingerprint density at radius 1 is 1.31 bits per heavy atom. The Bertz CT molecular complexity index is 466. The maximum Gasteiger partial charge on any atom is 0.0838 e. The summed E-state index contributed by atoms with van der Waals surface area (Å²) in [7, 11) is 0. The topological polar surface area (TPSA) is 46.2 Å². The summed E-state index contributed by atoms with van der Waals surface area (Å²) >= 11 is 5.04. The van der Waals surface area contributed by atoms with Crippen molar-refractivity contribution in [3.63, 3.8) is 0 Å². The second-order valence-electron chi connectivity index (χ2n) is 3.62. The molecule has 0 radical (unpaired) electrons. The van der Waals surface area contributed by atoms with Gasteiger partial charge in [-0.15, -0.1) is 11.3 Å². The average molecular weight is 298 g/mol. The summed E-state index contributed by atoms with van der Waals surface area (Å²) in [5.41, 5.74) is 7.22. The molecule has 2 aromatic rings. The predicted octanol–water partition coefficient (Wildman–Crippen LogP) is 3.37. The SMILES string of the molecule is Nc1ccc(C(O)Cc2cc(Br)cs2)cc1. The molecule has 1 heterocycles. The first-order valence-electron chi connectivity index (χ1n) is 4.91. The Morgan fingerprint density at radius 3 is 2.56 bits per heavy atom. The van der Waals surface area contributed by atoms with Crippen molar-refractivity contribution in [2.75, 3.05) is 5.73 Å². The molecule has 0 spiro atoms. The Morgan fingerprint density at radius 2 is 2.00 bits per heavy atom. The van der Waals surface area contributed by atoms with Crippen molar-refractivity contribution < 1.29 is 5.11 Å². The van der Waals surface area contributed by atoms with Crippen LogP contribution in [0.25, 0.3) is 0 Å². The summed E-state index contributed by atoms with van der Waals surface area (Å²) in [4.78, 5) is 1.16. The second kappa shape index (κ2) is 4.99. The number of aliphatic hydroxyl groups excluding tert-OH is 1. The van der Waals surface area contributed by atoms with Crippen LogP contribution in [0.3, 0.4) is 0 Å². The van der Waals surface area contributed by atoms with E-state index in [1.165, 1.54) is 0 Å². The minimum absolute atomic E-state index is 0.467. The molecule has 3 N–H and O–H groups in total. The highest BCUT2D eigenvalue weighted by molar-refractivity contribution is 9.10. The molecule has 0 saturated carbocycles. The molecule has 4 heteroatoms. The van der Waals surface area contributed by atoms with E-state index in [0.717, 1.165) is 20.6 Å². The van der Waals surface area contributed by atoms with Gasteiger partial charge in [-0.25, -0.2) is 0 Å². The van der Waals surface area contributed by atoms with Crippen LogP contribution in [-0.4, -0.2) is 5.11 Å². The van der Waals surface area contributed by atoms with Crippen LogP contribution >= 0.6 is 27.3 Å². The molecule has 0 amide bonds. The third-order valence-corrected chi connectivity index (χ3v) is 4.06. The van der Waals surface area contributed by atoms with E-state index in [9.17, 15) is 5.11 Å². The van der Waals surface area contributed by atoms with Gasteiger partial charge in [-0.1, -0.05) is 12.1 Å². The normalized spacial score (nSPS) is 12.6. The van der Waals surface area contributed by atoms with Crippen LogP contribution in [0.5, 0.6) is 0 Å². The van der Waals surface area contributed by atoms with Crippen LogP contribution in [0.15, 0.2) is 40.2 Å². The van der Waals surface area contributed by atoms with Crippen LogP contribution in [0.2, 0.25) is 0 Å². The van der Waals surface area contributed by atoms with Gasteiger partial charge in [-0.2, -0.15) is 0 Å². The van der Waals surface area contributed by atoms with E-state index in [-0.39, 0.29) is 0 Å². The predicted molar refractivity (Wildman–Crippen MR) is 71.5 cm³/mol. The molecule has 16 heavy (non-hydrogen) atoms. The fourth-order valence-corrected chi connectivity index (χ4v) is 2.98. The summed E-state index contributed by atoms with van der Waals surface area (Å²) < 4.78 is 1.07. The van der Waals surface area contributed by atoms with Crippen LogP contribution in [-0.2, 0) is 6.42 Å². The third kappa shape index (κ3) is 2.84. The number of nitrogen functional groups attached to an aromatic ring is 1. The Balaban J connectivity index is 2.08. The maximum absolute atomic E-state index is 10.0. The molecular weight excluding hydrogens is 286 g/mol. The summed E-state index contributed by atoms with van der Waals surface area (Å²) in [6, 6.07) is 9.38. The fraction of sp³-hybridized carbons (Fsp3) is 0.167. The molecule has 2 rings (SSSR count). The first kappa shape index (κ1) is 11.6. The lowest BCUT2D eigenvalue weighted by atomic mass is 10.1. The van der Waals surface area contributed by atoms with Crippen LogP contribution in [0.4, 0.5) is 5.69 Å². The van der Waals surface area contributed by atoms with Crippen molar-refractivity contribution >= 4 is 33.0 Å². The molecule has 1 atom stereocenters. The fourth-order valence-electron chi connectivity index (χ4n) is 1.49. The van der Waals surface area contributed by atoms with E-state index >= 15 is 0 Å². The van der Waals surface area contributed by atoms with E-state index in [1.807, 2.05) is 35.7 Å². The van der Waals surface area contributed by atoms with Gasteiger partial charge in [0.1, 0.15) is 0 Å². The molecule has 0 aliphatic rings. The van der Waals surface area contributed by atoms with Gasteiger partial charge in [-0.05, 0) is 39.7 Å². The molecule has 0 fully saturated rings. The summed E-state index contributed by atoms with van der Waals surface area (Å²) in [5, 5.41) is 12.0. The Kier molecular flexibility index (Phi) is 3.63. The van der Waals surface area contributed by atoms with E-state index < -0.39 is 6.10 Å². The molecule has 0 aliphatic carbocycles.